The molecule has 1 aliphatic carbocycles. The number of rotatable bonds is 8. The van der Waals surface area contributed by atoms with E-state index < -0.39 is 10.0 Å². The van der Waals surface area contributed by atoms with E-state index in [1.807, 2.05) is 24.8 Å². The van der Waals surface area contributed by atoms with Crippen molar-refractivity contribution in [3.8, 4) is 0 Å². The van der Waals surface area contributed by atoms with E-state index in [1.54, 1.807) is 24.0 Å². The minimum Gasteiger partial charge on any atom is -0.352 e. The van der Waals surface area contributed by atoms with Crippen molar-refractivity contribution in [3.63, 3.8) is 0 Å². The minimum absolute atomic E-state index is 0.0664. The Morgan fingerprint density at radius 3 is 2.80 bits per heavy atom. The lowest BCUT2D eigenvalue weighted by atomic mass is 10.4. The molecule has 114 valence electrons. The van der Waals surface area contributed by atoms with Crippen LogP contribution in [0.15, 0.2) is 17.2 Å². The molecule has 1 fully saturated rings. The predicted octanol–water partition coefficient (Wildman–Crippen LogP) is 1.31. The zero-order valence-corrected chi connectivity index (χ0v) is 13.9. The molecule has 1 heterocycles. The molecule has 2 N–H and O–H groups in total. The molecule has 0 bridgehead atoms. The molecule has 5 nitrogen and oxygen atoms in total. The van der Waals surface area contributed by atoms with E-state index in [4.69, 9.17) is 0 Å². The van der Waals surface area contributed by atoms with E-state index >= 15 is 0 Å². The van der Waals surface area contributed by atoms with Crippen molar-refractivity contribution in [2.24, 2.45) is 7.05 Å². The number of thioether (sulfide) groups is 1. The van der Waals surface area contributed by atoms with Gasteiger partial charge in [0, 0.05) is 43.3 Å². The van der Waals surface area contributed by atoms with Crippen molar-refractivity contribution in [2.75, 3.05) is 12.0 Å². The third kappa shape index (κ3) is 4.25. The molecule has 2 rings (SSSR count). The van der Waals surface area contributed by atoms with Gasteiger partial charge < -0.3 is 9.88 Å². The molecule has 0 saturated heterocycles. The largest absolute Gasteiger partial charge is 0.352 e. The maximum Gasteiger partial charge on any atom is 0.242 e. The average molecular weight is 317 g/mol. The van der Waals surface area contributed by atoms with Gasteiger partial charge in [0.05, 0.1) is 4.90 Å². The van der Waals surface area contributed by atoms with Crippen LogP contribution in [0.1, 0.15) is 25.5 Å². The summed E-state index contributed by atoms with van der Waals surface area (Å²) in [5.41, 5.74) is 0.995. The summed E-state index contributed by atoms with van der Waals surface area (Å²) in [6.07, 6.45) is 6.10. The number of hydrogen-bond donors (Lipinski definition) is 2. The molecular weight excluding hydrogens is 294 g/mol. The lowest BCUT2D eigenvalue weighted by Gasteiger charge is -2.11. The molecule has 0 spiro atoms. The summed E-state index contributed by atoms with van der Waals surface area (Å²) in [4.78, 5) is 0.348. The van der Waals surface area contributed by atoms with Gasteiger partial charge in [-0.2, -0.15) is 11.8 Å². The Morgan fingerprint density at radius 1 is 1.50 bits per heavy atom. The zero-order chi connectivity index (χ0) is 14.8. The first-order chi connectivity index (χ1) is 9.42. The molecule has 1 atom stereocenters. The zero-order valence-electron chi connectivity index (χ0n) is 12.2. The number of aryl methyl sites for hydroxylation is 1. The smallest absolute Gasteiger partial charge is 0.242 e. The first-order valence-electron chi connectivity index (χ1n) is 6.82. The Labute approximate surface area is 125 Å². The Kier molecular flexibility index (Phi) is 5.17. The van der Waals surface area contributed by atoms with E-state index in [2.05, 4.69) is 10.0 Å². The van der Waals surface area contributed by atoms with Crippen LogP contribution in [0.4, 0.5) is 0 Å². The van der Waals surface area contributed by atoms with Crippen molar-refractivity contribution in [1.82, 2.24) is 14.6 Å². The summed E-state index contributed by atoms with van der Waals surface area (Å²) in [5.74, 6) is 0.766. The van der Waals surface area contributed by atoms with Crippen molar-refractivity contribution < 1.29 is 8.42 Å². The highest BCUT2D eigenvalue weighted by Crippen LogP contribution is 2.20. The number of hydrogen-bond acceptors (Lipinski definition) is 4. The van der Waals surface area contributed by atoms with Gasteiger partial charge in [0.2, 0.25) is 10.0 Å². The monoisotopic (exact) mass is 317 g/mol. The van der Waals surface area contributed by atoms with Gasteiger partial charge in [0.1, 0.15) is 0 Å². The molecule has 1 saturated carbocycles. The van der Waals surface area contributed by atoms with Gasteiger partial charge in [-0.15, -0.1) is 0 Å². The van der Waals surface area contributed by atoms with Crippen molar-refractivity contribution >= 4 is 21.8 Å². The maximum absolute atomic E-state index is 12.3. The molecule has 20 heavy (non-hydrogen) atoms. The van der Waals surface area contributed by atoms with E-state index in [9.17, 15) is 8.42 Å². The standard InChI is InChI=1S/C13H23N3O2S2/c1-10(9-19-3)15-20(17,18)13-6-12(16(2)8-13)7-14-11-4-5-11/h6,8,10-11,14-15H,4-5,7,9H2,1-3H3. The highest BCUT2D eigenvalue weighted by atomic mass is 32.2. The first kappa shape index (κ1) is 15.9. The van der Waals surface area contributed by atoms with Crippen molar-refractivity contribution in [2.45, 2.75) is 43.3 Å². The van der Waals surface area contributed by atoms with E-state index in [1.165, 1.54) is 12.8 Å². The van der Waals surface area contributed by atoms with Crippen molar-refractivity contribution in [1.29, 1.82) is 0 Å². The summed E-state index contributed by atoms with van der Waals surface area (Å²) < 4.78 is 29.1. The highest BCUT2D eigenvalue weighted by Gasteiger charge is 2.22. The SMILES string of the molecule is CSCC(C)NS(=O)(=O)c1cc(CNC2CC2)n(C)c1. The summed E-state index contributed by atoms with van der Waals surface area (Å²) in [6.45, 7) is 2.60. The second kappa shape index (κ2) is 6.51. The summed E-state index contributed by atoms with van der Waals surface area (Å²) >= 11 is 1.63. The Morgan fingerprint density at radius 2 is 2.20 bits per heavy atom. The van der Waals surface area contributed by atoms with E-state index in [-0.39, 0.29) is 6.04 Å². The van der Waals surface area contributed by atoms with Gasteiger partial charge in [0.25, 0.3) is 0 Å². The topological polar surface area (TPSA) is 63.1 Å². The molecular formula is C13H23N3O2S2. The molecule has 1 unspecified atom stereocenters. The number of nitrogens with one attached hydrogen (secondary N) is 2. The lowest BCUT2D eigenvalue weighted by molar-refractivity contribution is 0.571. The number of nitrogens with zero attached hydrogens (tertiary/aromatic N) is 1. The van der Waals surface area contributed by atoms with Crippen LogP contribution in [0.2, 0.25) is 0 Å². The molecule has 1 aromatic rings. The van der Waals surface area contributed by atoms with Crippen molar-refractivity contribution in [3.05, 3.63) is 18.0 Å². The molecule has 0 aromatic carbocycles. The number of aromatic nitrogens is 1. The second-order valence-electron chi connectivity index (χ2n) is 5.41. The third-order valence-electron chi connectivity index (χ3n) is 3.32. The van der Waals surface area contributed by atoms with Gasteiger partial charge >= 0.3 is 0 Å². The Balaban J connectivity index is 2.04. The summed E-state index contributed by atoms with van der Waals surface area (Å²) in [6, 6.07) is 2.30. The van der Waals surface area contributed by atoms with Crippen LogP contribution in [0.25, 0.3) is 0 Å². The average Bonchev–Trinajstić information content (AvgIpc) is 3.09. The first-order valence-corrected chi connectivity index (χ1v) is 9.70. The fraction of sp³-hybridized carbons (Fsp3) is 0.692. The molecule has 0 radical (unpaired) electrons. The molecule has 0 aliphatic heterocycles. The molecule has 1 aromatic heterocycles. The minimum atomic E-state index is -3.42. The van der Waals surface area contributed by atoms with Gasteiger partial charge in [0.15, 0.2) is 0 Å². The normalized spacial score (nSPS) is 17.4. The Hall–Kier alpha value is -0.500. The van der Waals surface area contributed by atoms with Crippen LogP contribution in [0.5, 0.6) is 0 Å². The van der Waals surface area contributed by atoms with Gasteiger partial charge in [-0.1, -0.05) is 0 Å². The van der Waals surface area contributed by atoms with E-state index in [0.717, 1.165) is 18.0 Å². The fourth-order valence-electron chi connectivity index (χ4n) is 2.05. The predicted molar refractivity (Wildman–Crippen MR) is 83.4 cm³/mol. The Bertz CT molecular complexity index is 550. The van der Waals surface area contributed by atoms with Crippen LogP contribution >= 0.6 is 11.8 Å². The highest BCUT2D eigenvalue weighted by molar-refractivity contribution is 7.98. The van der Waals surface area contributed by atoms with Crippen LogP contribution in [-0.4, -0.2) is 37.1 Å². The molecule has 1 aliphatic rings. The maximum atomic E-state index is 12.3. The molecule has 0 amide bonds. The second-order valence-corrected chi connectivity index (χ2v) is 8.04. The van der Waals surface area contributed by atoms with Gasteiger partial charge in [-0.25, -0.2) is 13.1 Å². The van der Waals surface area contributed by atoms with Crippen LogP contribution < -0.4 is 10.0 Å². The third-order valence-corrected chi connectivity index (χ3v) is 5.71. The van der Waals surface area contributed by atoms with Crippen LogP contribution in [-0.2, 0) is 23.6 Å². The quantitative estimate of drug-likeness (QED) is 0.759. The summed E-state index contributed by atoms with van der Waals surface area (Å²) in [5, 5.41) is 3.40. The summed E-state index contributed by atoms with van der Waals surface area (Å²) in [7, 11) is -1.54. The van der Waals surface area contributed by atoms with Gasteiger partial charge in [-0.05, 0) is 32.1 Å². The van der Waals surface area contributed by atoms with Crippen LogP contribution in [0.3, 0.4) is 0 Å². The molecule has 7 heteroatoms. The number of sulfonamides is 1. The van der Waals surface area contributed by atoms with Crippen LogP contribution in [0, 0.1) is 0 Å². The van der Waals surface area contributed by atoms with Gasteiger partial charge in [-0.3, -0.25) is 0 Å². The van der Waals surface area contributed by atoms with E-state index in [0.29, 0.717) is 10.9 Å². The lowest BCUT2D eigenvalue weighted by Crippen LogP contribution is -2.34. The fourth-order valence-corrected chi connectivity index (χ4v) is 4.08.